The summed E-state index contributed by atoms with van der Waals surface area (Å²) in [6.07, 6.45) is 4.00. The molecule has 0 saturated heterocycles. The summed E-state index contributed by atoms with van der Waals surface area (Å²) in [5.41, 5.74) is -0.443. The number of ether oxygens (including phenoxy) is 1. The van der Waals surface area contributed by atoms with Crippen LogP contribution >= 0.6 is 0 Å². The Kier molecular flexibility index (Phi) is 6.86. The smallest absolute Gasteiger partial charge is 0.326 e. The minimum Gasteiger partial charge on any atom is -0.461 e. The first-order chi connectivity index (χ1) is 12.5. The Morgan fingerprint density at radius 1 is 1.30 bits per heavy atom. The maximum Gasteiger partial charge on any atom is 0.326 e. The number of esters is 1. The fourth-order valence-corrected chi connectivity index (χ4v) is 4.51. The molecular formula is C19H30N2O5S. The van der Waals surface area contributed by atoms with Crippen molar-refractivity contribution in [2.45, 2.75) is 57.6 Å². The van der Waals surface area contributed by atoms with Crippen molar-refractivity contribution in [1.29, 1.82) is 0 Å². The van der Waals surface area contributed by atoms with Gasteiger partial charge in [-0.1, -0.05) is 27.2 Å². The van der Waals surface area contributed by atoms with Crippen LogP contribution in [0.2, 0.25) is 0 Å². The van der Waals surface area contributed by atoms with Crippen molar-refractivity contribution in [2.24, 2.45) is 17.8 Å². The summed E-state index contributed by atoms with van der Waals surface area (Å²) < 4.78 is 32.4. The second kappa shape index (κ2) is 8.56. The maximum absolute atomic E-state index is 12.5. The summed E-state index contributed by atoms with van der Waals surface area (Å²) in [6, 6.07) is 2.40. The fraction of sp³-hybridized carbons (Fsp3) is 0.684. The Hall–Kier alpha value is -1.67. The van der Waals surface area contributed by atoms with E-state index in [4.69, 9.17) is 4.74 Å². The number of carbonyl (C=O) groups excluding carboxylic acids is 1. The number of hydrogen-bond donors (Lipinski definition) is 0. The van der Waals surface area contributed by atoms with E-state index in [1.165, 1.54) is 26.4 Å². The molecular weight excluding hydrogens is 368 g/mol. The van der Waals surface area contributed by atoms with Gasteiger partial charge in [0.2, 0.25) is 10.0 Å². The highest BCUT2D eigenvalue weighted by molar-refractivity contribution is 7.89. The number of pyridine rings is 1. The van der Waals surface area contributed by atoms with Gasteiger partial charge in [0.25, 0.3) is 5.56 Å². The molecule has 1 aromatic heterocycles. The molecule has 0 amide bonds. The van der Waals surface area contributed by atoms with Gasteiger partial charge in [-0.2, -0.15) is 0 Å². The molecule has 1 aromatic rings. The number of hydrogen-bond acceptors (Lipinski definition) is 5. The van der Waals surface area contributed by atoms with E-state index in [9.17, 15) is 18.0 Å². The van der Waals surface area contributed by atoms with E-state index in [0.29, 0.717) is 17.8 Å². The molecule has 1 fully saturated rings. The fourth-order valence-electron chi connectivity index (χ4n) is 3.59. The molecule has 8 heteroatoms. The SMILES string of the molecule is CC(C)[C@H]1CC[C@@H](C)C[C@@H]1OC(=O)Cn1cc(S(=O)(=O)N(C)C)ccc1=O. The Balaban J connectivity index is 2.16. The third kappa shape index (κ3) is 5.19. The van der Waals surface area contributed by atoms with Gasteiger partial charge in [0.05, 0.1) is 4.90 Å². The van der Waals surface area contributed by atoms with Crippen molar-refractivity contribution in [3.63, 3.8) is 0 Å². The Labute approximate surface area is 161 Å². The van der Waals surface area contributed by atoms with Crippen LogP contribution in [0.15, 0.2) is 28.0 Å². The lowest BCUT2D eigenvalue weighted by atomic mass is 9.75. The molecule has 0 aliphatic heterocycles. The summed E-state index contributed by atoms with van der Waals surface area (Å²) >= 11 is 0. The Morgan fingerprint density at radius 3 is 2.56 bits per heavy atom. The van der Waals surface area contributed by atoms with Gasteiger partial charge in [-0.05, 0) is 36.7 Å². The number of sulfonamides is 1. The first-order valence-corrected chi connectivity index (χ1v) is 10.8. The summed E-state index contributed by atoms with van der Waals surface area (Å²) in [6.45, 7) is 6.10. The molecule has 0 N–H and O–H groups in total. The number of nitrogens with zero attached hydrogens (tertiary/aromatic N) is 2. The normalized spacial score (nSPS) is 23.6. The highest BCUT2D eigenvalue weighted by Gasteiger charge is 2.33. The highest BCUT2D eigenvalue weighted by atomic mass is 32.2. The summed E-state index contributed by atoms with van der Waals surface area (Å²) in [5.74, 6) is 0.698. The topological polar surface area (TPSA) is 85.7 Å². The molecule has 0 aromatic carbocycles. The van der Waals surface area contributed by atoms with Gasteiger partial charge < -0.3 is 9.30 Å². The quantitative estimate of drug-likeness (QED) is 0.685. The summed E-state index contributed by atoms with van der Waals surface area (Å²) in [4.78, 5) is 24.5. The van der Waals surface area contributed by atoms with Crippen molar-refractivity contribution in [3.05, 3.63) is 28.7 Å². The van der Waals surface area contributed by atoms with Gasteiger partial charge in [0.1, 0.15) is 12.6 Å². The molecule has 152 valence electrons. The molecule has 7 nitrogen and oxygen atoms in total. The van der Waals surface area contributed by atoms with E-state index in [0.717, 1.165) is 34.2 Å². The zero-order chi connectivity index (χ0) is 20.4. The standard InChI is InChI=1S/C19H30N2O5S/c1-13(2)16-8-6-14(3)10-17(16)26-19(23)12-21-11-15(7-9-18(21)22)27(24,25)20(4)5/h7,9,11,13-14,16-17H,6,8,10,12H2,1-5H3/t14-,16-,17+/m1/s1. The van der Waals surface area contributed by atoms with Crippen LogP contribution in [0, 0.1) is 17.8 Å². The molecule has 2 rings (SSSR count). The lowest BCUT2D eigenvalue weighted by Crippen LogP contribution is -2.37. The first kappa shape index (κ1) is 21.6. The van der Waals surface area contributed by atoms with Crippen molar-refractivity contribution in [2.75, 3.05) is 14.1 Å². The summed E-state index contributed by atoms with van der Waals surface area (Å²) in [5, 5.41) is 0. The third-order valence-electron chi connectivity index (χ3n) is 5.28. The maximum atomic E-state index is 12.5. The van der Waals surface area contributed by atoms with Crippen LogP contribution < -0.4 is 5.56 Å². The van der Waals surface area contributed by atoms with E-state index in [1.807, 2.05) is 0 Å². The van der Waals surface area contributed by atoms with E-state index >= 15 is 0 Å². The van der Waals surface area contributed by atoms with Crippen LogP contribution in [-0.2, 0) is 26.1 Å². The van der Waals surface area contributed by atoms with Gasteiger partial charge >= 0.3 is 5.97 Å². The van der Waals surface area contributed by atoms with Crippen LogP contribution in [-0.4, -0.2) is 43.5 Å². The lowest BCUT2D eigenvalue weighted by molar-refractivity contribution is -0.156. The molecule has 1 saturated carbocycles. The second-order valence-corrected chi connectivity index (χ2v) is 10.1. The van der Waals surface area contributed by atoms with E-state index in [1.54, 1.807) is 0 Å². The molecule has 0 unspecified atom stereocenters. The Bertz CT molecular complexity index is 829. The molecule has 27 heavy (non-hydrogen) atoms. The average Bonchev–Trinajstić information content (AvgIpc) is 2.56. The van der Waals surface area contributed by atoms with Gasteiger partial charge in [-0.15, -0.1) is 0 Å². The molecule has 0 radical (unpaired) electrons. The van der Waals surface area contributed by atoms with Crippen LogP contribution in [0.1, 0.15) is 40.0 Å². The number of aromatic nitrogens is 1. The van der Waals surface area contributed by atoms with E-state index in [2.05, 4.69) is 20.8 Å². The van der Waals surface area contributed by atoms with Crippen LogP contribution in [0.3, 0.4) is 0 Å². The van der Waals surface area contributed by atoms with Crippen molar-refractivity contribution < 1.29 is 17.9 Å². The minimum absolute atomic E-state index is 0.0359. The van der Waals surface area contributed by atoms with Crippen LogP contribution in [0.25, 0.3) is 0 Å². The monoisotopic (exact) mass is 398 g/mol. The molecule has 1 aliphatic rings. The van der Waals surface area contributed by atoms with Crippen molar-refractivity contribution in [3.8, 4) is 0 Å². The zero-order valence-electron chi connectivity index (χ0n) is 16.7. The zero-order valence-corrected chi connectivity index (χ0v) is 17.5. The largest absolute Gasteiger partial charge is 0.461 e. The van der Waals surface area contributed by atoms with Crippen LogP contribution in [0.4, 0.5) is 0 Å². The first-order valence-electron chi connectivity index (χ1n) is 9.35. The van der Waals surface area contributed by atoms with Gasteiger partial charge in [-0.25, -0.2) is 12.7 Å². The molecule has 0 spiro atoms. The van der Waals surface area contributed by atoms with Gasteiger partial charge in [0.15, 0.2) is 0 Å². The average molecular weight is 399 g/mol. The highest BCUT2D eigenvalue weighted by Crippen LogP contribution is 2.35. The van der Waals surface area contributed by atoms with Crippen molar-refractivity contribution in [1.82, 2.24) is 8.87 Å². The van der Waals surface area contributed by atoms with E-state index < -0.39 is 21.6 Å². The van der Waals surface area contributed by atoms with Crippen molar-refractivity contribution >= 4 is 16.0 Å². The van der Waals surface area contributed by atoms with Crippen LogP contribution in [0.5, 0.6) is 0 Å². The molecule has 3 atom stereocenters. The predicted octanol–water partition coefficient (Wildman–Crippen LogP) is 2.10. The second-order valence-electron chi connectivity index (χ2n) is 7.97. The lowest BCUT2D eigenvalue weighted by Gasteiger charge is -2.36. The number of rotatable bonds is 6. The minimum atomic E-state index is -3.68. The third-order valence-corrected chi connectivity index (χ3v) is 7.08. The van der Waals surface area contributed by atoms with E-state index in [-0.39, 0.29) is 17.5 Å². The Morgan fingerprint density at radius 2 is 1.96 bits per heavy atom. The van der Waals surface area contributed by atoms with Gasteiger partial charge in [0, 0.05) is 26.4 Å². The summed E-state index contributed by atoms with van der Waals surface area (Å²) in [7, 11) is -0.861. The molecule has 1 heterocycles. The predicted molar refractivity (Wildman–Crippen MR) is 103 cm³/mol. The number of carbonyl (C=O) groups is 1. The van der Waals surface area contributed by atoms with Gasteiger partial charge in [-0.3, -0.25) is 9.59 Å². The molecule has 1 aliphatic carbocycles. The molecule has 0 bridgehead atoms.